The number of rotatable bonds is 9. The summed E-state index contributed by atoms with van der Waals surface area (Å²) in [4.78, 5) is 40.3. The first-order valence-electron chi connectivity index (χ1n) is 7.96. The summed E-state index contributed by atoms with van der Waals surface area (Å²) in [5.41, 5.74) is 0.813. The fourth-order valence-corrected chi connectivity index (χ4v) is 3.02. The van der Waals surface area contributed by atoms with Crippen LogP contribution < -0.4 is 5.32 Å². The molecule has 25 heavy (non-hydrogen) atoms. The van der Waals surface area contributed by atoms with E-state index in [4.69, 9.17) is 4.74 Å². The van der Waals surface area contributed by atoms with Crippen LogP contribution in [0.4, 0.5) is 0 Å². The van der Waals surface area contributed by atoms with E-state index in [2.05, 4.69) is 10.3 Å². The summed E-state index contributed by atoms with van der Waals surface area (Å²) in [5.74, 6) is -0.714. The lowest BCUT2D eigenvalue weighted by molar-refractivity contribution is -0.142. The molecule has 1 amide bonds. The topological polar surface area (TPSA) is 85.4 Å². The van der Waals surface area contributed by atoms with Crippen LogP contribution >= 0.6 is 11.3 Å². The molecule has 2 aromatic rings. The molecule has 2 aromatic heterocycles. The average molecular weight is 360 g/mol. The van der Waals surface area contributed by atoms with Gasteiger partial charge in [0.05, 0.1) is 11.3 Å². The van der Waals surface area contributed by atoms with E-state index in [-0.39, 0.29) is 24.7 Å². The van der Waals surface area contributed by atoms with Gasteiger partial charge in [0, 0.05) is 36.7 Å². The van der Waals surface area contributed by atoms with Gasteiger partial charge in [0.1, 0.15) is 0 Å². The third kappa shape index (κ3) is 6.84. The van der Waals surface area contributed by atoms with Crippen molar-refractivity contribution in [3.8, 4) is 0 Å². The molecular formula is C18H20N2O4S. The van der Waals surface area contributed by atoms with Gasteiger partial charge in [-0.15, -0.1) is 11.3 Å². The van der Waals surface area contributed by atoms with E-state index in [1.165, 1.54) is 18.3 Å². The minimum absolute atomic E-state index is 0.0783. The molecule has 0 saturated heterocycles. The largest absolute Gasteiger partial charge is 0.457 e. The molecule has 2 heterocycles. The van der Waals surface area contributed by atoms with E-state index in [9.17, 15) is 14.4 Å². The van der Waals surface area contributed by atoms with Crippen molar-refractivity contribution in [2.75, 3.05) is 13.2 Å². The molecule has 0 aromatic carbocycles. The zero-order valence-corrected chi connectivity index (χ0v) is 14.8. The Morgan fingerprint density at radius 2 is 2.00 bits per heavy atom. The Labute approximate surface area is 150 Å². The maximum atomic E-state index is 12.1. The monoisotopic (exact) mass is 360 g/mol. The van der Waals surface area contributed by atoms with Crippen LogP contribution in [0, 0.1) is 0 Å². The Morgan fingerprint density at radius 1 is 1.16 bits per heavy atom. The number of ether oxygens (including phenoxy) is 1. The number of ketones is 1. The Kier molecular flexibility index (Phi) is 7.28. The zero-order valence-electron chi connectivity index (χ0n) is 14.0. The number of hydrogen-bond donors (Lipinski definition) is 1. The average Bonchev–Trinajstić information content (AvgIpc) is 3.07. The molecule has 7 heteroatoms. The van der Waals surface area contributed by atoms with Gasteiger partial charge >= 0.3 is 5.97 Å². The summed E-state index contributed by atoms with van der Waals surface area (Å²) >= 11 is 1.35. The van der Waals surface area contributed by atoms with Crippen LogP contribution in [0.15, 0.2) is 36.5 Å². The highest BCUT2D eigenvalue weighted by molar-refractivity contribution is 7.14. The van der Waals surface area contributed by atoms with E-state index in [0.29, 0.717) is 24.3 Å². The molecule has 0 aliphatic heterocycles. The third-order valence-electron chi connectivity index (χ3n) is 3.36. The van der Waals surface area contributed by atoms with Crippen molar-refractivity contribution < 1.29 is 19.1 Å². The Morgan fingerprint density at radius 3 is 2.72 bits per heavy atom. The van der Waals surface area contributed by atoms with Crippen LogP contribution in [0.1, 0.15) is 33.6 Å². The van der Waals surface area contributed by atoms with Crippen molar-refractivity contribution in [3.05, 3.63) is 52.0 Å². The van der Waals surface area contributed by atoms with Crippen LogP contribution in [0.5, 0.6) is 0 Å². The summed E-state index contributed by atoms with van der Waals surface area (Å²) in [6.07, 6.45) is 3.02. The van der Waals surface area contributed by atoms with Gasteiger partial charge in [-0.05, 0) is 30.7 Å². The number of thiophene rings is 1. The fourth-order valence-electron chi connectivity index (χ4n) is 2.09. The van der Waals surface area contributed by atoms with Crippen LogP contribution in [0.25, 0.3) is 0 Å². The lowest BCUT2D eigenvalue weighted by Crippen LogP contribution is -2.22. The van der Waals surface area contributed by atoms with Gasteiger partial charge in [-0.3, -0.25) is 19.4 Å². The Hall–Kier alpha value is -2.54. The number of aromatic nitrogens is 1. The zero-order chi connectivity index (χ0) is 18.1. The van der Waals surface area contributed by atoms with Gasteiger partial charge in [0.25, 0.3) is 0 Å². The number of pyridine rings is 1. The summed E-state index contributed by atoms with van der Waals surface area (Å²) in [6.45, 7) is 1.74. The highest BCUT2D eigenvalue weighted by Gasteiger charge is 2.13. The van der Waals surface area contributed by atoms with Crippen molar-refractivity contribution in [1.82, 2.24) is 10.3 Å². The molecular weight excluding hydrogens is 340 g/mol. The second-order valence-corrected chi connectivity index (χ2v) is 6.57. The predicted molar refractivity (Wildman–Crippen MR) is 94.6 cm³/mol. The third-order valence-corrected chi connectivity index (χ3v) is 4.54. The number of Topliss-reactive ketones (excluding diaryl/α,β-unsaturated/α-hetero) is 1. The van der Waals surface area contributed by atoms with Crippen molar-refractivity contribution in [2.45, 2.75) is 26.2 Å². The molecule has 0 unspecified atom stereocenters. The van der Waals surface area contributed by atoms with E-state index in [1.54, 1.807) is 12.3 Å². The molecule has 132 valence electrons. The second kappa shape index (κ2) is 9.68. The molecule has 0 bridgehead atoms. The number of carbonyl (C=O) groups is 3. The molecule has 0 spiro atoms. The summed E-state index contributed by atoms with van der Waals surface area (Å²) in [5, 5.41) is 2.71. The number of nitrogens with zero attached hydrogens (tertiary/aromatic N) is 1. The number of nitrogens with one attached hydrogen (secondary N) is 1. The molecule has 0 saturated carbocycles. The molecule has 1 N–H and O–H groups in total. The molecule has 6 nitrogen and oxygen atoms in total. The quantitative estimate of drug-likeness (QED) is 0.547. The summed E-state index contributed by atoms with van der Waals surface area (Å²) in [6, 6.07) is 9.08. The minimum Gasteiger partial charge on any atom is -0.457 e. The number of hydrogen-bond acceptors (Lipinski definition) is 6. The highest BCUT2D eigenvalue weighted by Crippen LogP contribution is 2.17. The van der Waals surface area contributed by atoms with Crippen LogP contribution in [-0.2, 0) is 27.2 Å². The number of carbonyl (C=O) groups excluding carboxylic acids is 3. The normalized spacial score (nSPS) is 10.3. The van der Waals surface area contributed by atoms with E-state index in [1.807, 2.05) is 24.3 Å². The first-order valence-corrected chi connectivity index (χ1v) is 8.78. The molecule has 0 fully saturated rings. The Bertz CT molecular complexity index is 728. The maximum absolute atomic E-state index is 12.1. The Balaban J connectivity index is 1.71. The van der Waals surface area contributed by atoms with E-state index in [0.717, 1.165) is 10.6 Å². The lowest BCUT2D eigenvalue weighted by Gasteiger charge is -2.03. The summed E-state index contributed by atoms with van der Waals surface area (Å²) in [7, 11) is 0. The van der Waals surface area contributed by atoms with Gasteiger partial charge in [-0.2, -0.15) is 0 Å². The van der Waals surface area contributed by atoms with Crippen LogP contribution in [0.3, 0.4) is 0 Å². The van der Waals surface area contributed by atoms with Crippen molar-refractivity contribution in [2.24, 2.45) is 0 Å². The molecule has 2 rings (SSSR count). The number of amides is 1. The fraction of sp³-hybridized carbons (Fsp3) is 0.333. The smallest absolute Gasteiger partial charge is 0.306 e. The minimum atomic E-state index is -0.415. The molecule has 0 radical (unpaired) electrons. The van der Waals surface area contributed by atoms with Gasteiger partial charge in [-0.1, -0.05) is 6.07 Å². The van der Waals surface area contributed by atoms with Crippen molar-refractivity contribution in [3.63, 3.8) is 0 Å². The van der Waals surface area contributed by atoms with E-state index < -0.39 is 5.97 Å². The second-order valence-electron chi connectivity index (χ2n) is 5.40. The molecule has 0 aliphatic carbocycles. The molecule has 0 atom stereocenters. The van der Waals surface area contributed by atoms with Crippen LogP contribution in [0.2, 0.25) is 0 Å². The van der Waals surface area contributed by atoms with Crippen molar-refractivity contribution in [1.29, 1.82) is 0 Å². The van der Waals surface area contributed by atoms with Crippen LogP contribution in [-0.4, -0.2) is 35.8 Å². The van der Waals surface area contributed by atoms with E-state index >= 15 is 0 Å². The molecule has 0 aliphatic rings. The lowest BCUT2D eigenvalue weighted by atomic mass is 10.2. The van der Waals surface area contributed by atoms with Gasteiger partial charge in [0.2, 0.25) is 11.7 Å². The number of esters is 1. The van der Waals surface area contributed by atoms with Gasteiger partial charge in [-0.25, -0.2) is 0 Å². The number of aryl methyl sites for hydroxylation is 1. The SMILES string of the molecule is CC(=O)NCCc1ccc(C(=O)COC(=O)CCc2ccccn2)s1. The standard InChI is InChI=1S/C18H20N2O4S/c1-13(21)19-11-9-15-6-7-17(25-15)16(22)12-24-18(23)8-5-14-4-2-3-10-20-14/h2-4,6-7,10H,5,8-9,11-12H2,1H3,(H,19,21). The highest BCUT2D eigenvalue weighted by atomic mass is 32.1. The van der Waals surface area contributed by atoms with Crippen molar-refractivity contribution >= 4 is 29.0 Å². The van der Waals surface area contributed by atoms with Gasteiger partial charge in [0.15, 0.2) is 6.61 Å². The first kappa shape index (κ1) is 18.8. The first-order chi connectivity index (χ1) is 12.0. The van der Waals surface area contributed by atoms with Gasteiger partial charge < -0.3 is 10.1 Å². The maximum Gasteiger partial charge on any atom is 0.306 e. The summed E-state index contributed by atoms with van der Waals surface area (Å²) < 4.78 is 5.04. The predicted octanol–water partition coefficient (Wildman–Crippen LogP) is 2.18.